The van der Waals surface area contributed by atoms with Crippen LogP contribution in [0.4, 0.5) is 9.59 Å². The molecule has 1 heterocycles. The van der Waals surface area contributed by atoms with Crippen LogP contribution in [0.5, 0.6) is 0 Å². The first kappa shape index (κ1) is 24.8. The van der Waals surface area contributed by atoms with E-state index in [0.29, 0.717) is 12.2 Å². The number of nitrogens with zero attached hydrogens (tertiary/aromatic N) is 2. The second-order valence-electron chi connectivity index (χ2n) is 6.80. The standard InChI is InChI=1S/C23H29N3O6/c1-19(27)26(18-21-11-5-6-12-24-21)23(29)32-17-15-30-14-16-31-22(28)25-13-7-10-20-8-3-2-4-9-20/h2-6,8-9,11-12H,7,10,13-18H2,1H3,(H,25,28). The lowest BCUT2D eigenvalue weighted by Gasteiger charge is -2.18. The minimum atomic E-state index is -0.766. The Morgan fingerprint density at radius 2 is 1.66 bits per heavy atom. The van der Waals surface area contributed by atoms with Gasteiger partial charge in [-0.3, -0.25) is 9.78 Å². The van der Waals surface area contributed by atoms with Gasteiger partial charge in [-0.05, 0) is 30.5 Å². The normalized spacial score (nSPS) is 10.3. The molecule has 2 aromatic rings. The lowest BCUT2D eigenvalue weighted by Crippen LogP contribution is -2.36. The number of amides is 3. The molecule has 0 spiro atoms. The van der Waals surface area contributed by atoms with Crippen molar-refractivity contribution in [3.63, 3.8) is 0 Å². The molecule has 0 radical (unpaired) electrons. The number of alkyl carbamates (subject to hydrolysis) is 1. The second-order valence-corrected chi connectivity index (χ2v) is 6.80. The summed E-state index contributed by atoms with van der Waals surface area (Å²) in [4.78, 5) is 40.5. The molecule has 2 rings (SSSR count). The van der Waals surface area contributed by atoms with Gasteiger partial charge < -0.3 is 19.5 Å². The van der Waals surface area contributed by atoms with E-state index in [2.05, 4.69) is 10.3 Å². The van der Waals surface area contributed by atoms with Gasteiger partial charge in [0.15, 0.2) is 0 Å². The lowest BCUT2D eigenvalue weighted by molar-refractivity contribution is -0.127. The zero-order valence-electron chi connectivity index (χ0n) is 18.2. The van der Waals surface area contributed by atoms with Gasteiger partial charge in [0.05, 0.1) is 25.5 Å². The summed E-state index contributed by atoms with van der Waals surface area (Å²) in [6.45, 7) is 2.17. The third-order valence-corrected chi connectivity index (χ3v) is 4.32. The molecule has 9 heteroatoms. The first-order valence-corrected chi connectivity index (χ1v) is 10.4. The Bertz CT molecular complexity index is 832. The van der Waals surface area contributed by atoms with Crippen LogP contribution >= 0.6 is 0 Å². The van der Waals surface area contributed by atoms with Gasteiger partial charge in [-0.15, -0.1) is 0 Å². The van der Waals surface area contributed by atoms with E-state index in [1.165, 1.54) is 12.5 Å². The molecule has 0 atom stereocenters. The number of pyridine rings is 1. The van der Waals surface area contributed by atoms with Crippen molar-refractivity contribution in [1.29, 1.82) is 0 Å². The van der Waals surface area contributed by atoms with E-state index < -0.39 is 18.1 Å². The van der Waals surface area contributed by atoms with Crippen LogP contribution in [0.2, 0.25) is 0 Å². The van der Waals surface area contributed by atoms with Crippen LogP contribution < -0.4 is 5.32 Å². The number of aryl methyl sites for hydroxylation is 1. The number of hydrogen-bond donors (Lipinski definition) is 1. The molecule has 0 aliphatic heterocycles. The maximum Gasteiger partial charge on any atom is 0.416 e. The zero-order chi connectivity index (χ0) is 23.0. The van der Waals surface area contributed by atoms with Crippen LogP contribution in [0.25, 0.3) is 0 Å². The molecule has 1 N–H and O–H groups in total. The molecule has 0 unspecified atom stereocenters. The van der Waals surface area contributed by atoms with Crippen molar-refractivity contribution >= 4 is 18.1 Å². The van der Waals surface area contributed by atoms with Gasteiger partial charge >= 0.3 is 12.2 Å². The monoisotopic (exact) mass is 443 g/mol. The number of carbonyl (C=O) groups is 3. The molecule has 0 aliphatic rings. The van der Waals surface area contributed by atoms with Crippen LogP contribution in [0, 0.1) is 0 Å². The highest BCUT2D eigenvalue weighted by molar-refractivity contribution is 5.90. The van der Waals surface area contributed by atoms with E-state index in [4.69, 9.17) is 14.2 Å². The zero-order valence-corrected chi connectivity index (χ0v) is 18.2. The van der Waals surface area contributed by atoms with E-state index >= 15 is 0 Å². The Labute approximate surface area is 187 Å². The van der Waals surface area contributed by atoms with Crippen molar-refractivity contribution in [2.75, 3.05) is 33.0 Å². The van der Waals surface area contributed by atoms with E-state index in [1.807, 2.05) is 30.3 Å². The predicted octanol–water partition coefficient (Wildman–Crippen LogP) is 2.94. The summed E-state index contributed by atoms with van der Waals surface area (Å²) < 4.78 is 15.4. The van der Waals surface area contributed by atoms with Gasteiger partial charge in [0.2, 0.25) is 5.91 Å². The number of ether oxygens (including phenoxy) is 3. The molecule has 0 saturated carbocycles. The molecule has 0 bridgehead atoms. The molecule has 0 saturated heterocycles. The Hall–Kier alpha value is -3.46. The third-order valence-electron chi connectivity index (χ3n) is 4.32. The summed E-state index contributed by atoms with van der Waals surface area (Å²) in [6.07, 6.45) is 2.02. The van der Waals surface area contributed by atoms with E-state index in [9.17, 15) is 14.4 Å². The summed E-state index contributed by atoms with van der Waals surface area (Å²) in [5.74, 6) is -0.440. The van der Waals surface area contributed by atoms with Crippen molar-refractivity contribution < 1.29 is 28.6 Å². The van der Waals surface area contributed by atoms with Crippen molar-refractivity contribution in [3.05, 3.63) is 66.0 Å². The predicted molar refractivity (Wildman–Crippen MR) is 117 cm³/mol. The molecular formula is C23H29N3O6. The lowest BCUT2D eigenvalue weighted by atomic mass is 10.1. The Balaban J connectivity index is 1.49. The summed E-state index contributed by atoms with van der Waals surface area (Å²) in [6, 6.07) is 15.3. The molecule has 9 nitrogen and oxygen atoms in total. The van der Waals surface area contributed by atoms with Gasteiger partial charge in [0, 0.05) is 19.7 Å². The highest BCUT2D eigenvalue weighted by atomic mass is 16.6. The molecule has 0 aliphatic carbocycles. The van der Waals surface area contributed by atoms with Gasteiger partial charge in [-0.1, -0.05) is 36.4 Å². The van der Waals surface area contributed by atoms with E-state index in [0.717, 1.165) is 17.7 Å². The quantitative estimate of drug-likeness (QED) is 0.503. The summed E-state index contributed by atoms with van der Waals surface area (Å²) in [5.41, 5.74) is 1.80. The number of rotatable bonds is 12. The Kier molecular flexibility index (Phi) is 11.3. The minimum absolute atomic E-state index is 0.0312. The molecule has 32 heavy (non-hydrogen) atoms. The van der Waals surface area contributed by atoms with Gasteiger partial charge in [0.1, 0.15) is 13.2 Å². The molecule has 1 aromatic carbocycles. The largest absolute Gasteiger partial charge is 0.447 e. The maximum absolute atomic E-state index is 12.1. The van der Waals surface area contributed by atoms with Crippen molar-refractivity contribution in [3.8, 4) is 0 Å². The van der Waals surface area contributed by atoms with Gasteiger partial charge in [-0.2, -0.15) is 0 Å². The summed E-state index contributed by atoms with van der Waals surface area (Å²) in [7, 11) is 0. The molecular weight excluding hydrogens is 414 g/mol. The highest BCUT2D eigenvalue weighted by Crippen LogP contribution is 2.04. The topological polar surface area (TPSA) is 107 Å². The van der Waals surface area contributed by atoms with Crippen LogP contribution in [0.15, 0.2) is 54.7 Å². The second kappa shape index (κ2) is 14.5. The fourth-order valence-electron chi connectivity index (χ4n) is 2.70. The van der Waals surface area contributed by atoms with Gasteiger partial charge in [-0.25, -0.2) is 14.5 Å². The Morgan fingerprint density at radius 3 is 2.34 bits per heavy atom. The fraction of sp³-hybridized carbons (Fsp3) is 0.391. The average molecular weight is 444 g/mol. The van der Waals surface area contributed by atoms with Crippen molar-refractivity contribution in [2.45, 2.75) is 26.3 Å². The highest BCUT2D eigenvalue weighted by Gasteiger charge is 2.20. The van der Waals surface area contributed by atoms with Crippen molar-refractivity contribution in [2.24, 2.45) is 0 Å². The first-order chi connectivity index (χ1) is 15.6. The van der Waals surface area contributed by atoms with Gasteiger partial charge in [0.25, 0.3) is 0 Å². The van der Waals surface area contributed by atoms with Crippen LogP contribution in [-0.2, 0) is 32.0 Å². The smallest absolute Gasteiger partial charge is 0.416 e. The molecule has 1 aromatic heterocycles. The van der Waals surface area contributed by atoms with Crippen LogP contribution in [0.1, 0.15) is 24.6 Å². The number of carbonyl (C=O) groups excluding carboxylic acids is 3. The molecule has 3 amide bonds. The SMILES string of the molecule is CC(=O)N(Cc1ccccn1)C(=O)OCCOCCOC(=O)NCCCc1ccccc1. The number of hydrogen-bond acceptors (Lipinski definition) is 7. The minimum Gasteiger partial charge on any atom is -0.447 e. The number of benzene rings is 1. The van der Waals surface area contributed by atoms with Crippen LogP contribution in [0.3, 0.4) is 0 Å². The van der Waals surface area contributed by atoms with Crippen LogP contribution in [-0.4, -0.2) is 60.9 Å². The number of imide groups is 1. The number of aromatic nitrogens is 1. The first-order valence-electron chi connectivity index (χ1n) is 10.4. The van der Waals surface area contributed by atoms with E-state index in [-0.39, 0.29) is 33.0 Å². The number of nitrogens with one attached hydrogen (secondary N) is 1. The average Bonchev–Trinajstić information content (AvgIpc) is 2.80. The maximum atomic E-state index is 12.1. The third kappa shape index (κ3) is 10.0. The molecule has 172 valence electrons. The van der Waals surface area contributed by atoms with E-state index in [1.54, 1.807) is 24.4 Å². The fourth-order valence-corrected chi connectivity index (χ4v) is 2.70. The summed E-state index contributed by atoms with van der Waals surface area (Å²) >= 11 is 0. The molecule has 0 fully saturated rings. The Morgan fingerprint density at radius 1 is 0.938 bits per heavy atom. The van der Waals surface area contributed by atoms with Crippen molar-refractivity contribution in [1.82, 2.24) is 15.2 Å². The summed E-state index contributed by atoms with van der Waals surface area (Å²) in [5, 5.41) is 2.68.